The summed E-state index contributed by atoms with van der Waals surface area (Å²) in [5.74, 6) is 1.78. The molecule has 1 unspecified atom stereocenters. The van der Waals surface area contributed by atoms with Crippen molar-refractivity contribution in [3.8, 4) is 44.9 Å². The molecule has 1 aliphatic heterocycles. The van der Waals surface area contributed by atoms with Gasteiger partial charge in [-0.25, -0.2) is 0 Å². The van der Waals surface area contributed by atoms with E-state index in [1.165, 1.54) is 60.8 Å². The summed E-state index contributed by atoms with van der Waals surface area (Å²) in [6.07, 6.45) is 0. The first-order valence-corrected chi connectivity index (χ1v) is 22.2. The van der Waals surface area contributed by atoms with E-state index in [2.05, 4.69) is 255 Å². The van der Waals surface area contributed by atoms with E-state index >= 15 is 0 Å². The maximum atomic E-state index is 6.88. The molecule has 0 saturated carbocycles. The number of ether oxygens (including phenoxy) is 1. The molecule has 64 heavy (non-hydrogen) atoms. The van der Waals surface area contributed by atoms with Crippen LogP contribution in [-0.2, 0) is 10.8 Å². The molecule has 10 aromatic carbocycles. The Hall–Kier alpha value is -7.94. The lowest BCUT2D eigenvalue weighted by molar-refractivity contribution is 0.426. The van der Waals surface area contributed by atoms with E-state index in [0.29, 0.717) is 0 Å². The molecule has 1 heterocycles. The van der Waals surface area contributed by atoms with Gasteiger partial charge in [0.25, 0.3) is 0 Å². The molecule has 2 aliphatic rings. The quantitative estimate of drug-likeness (QED) is 0.166. The molecule has 0 N–H and O–H groups in total. The summed E-state index contributed by atoms with van der Waals surface area (Å²) in [4.78, 5) is 2.35. The van der Waals surface area contributed by atoms with Crippen LogP contribution in [0.2, 0.25) is 0 Å². The maximum absolute atomic E-state index is 6.88. The highest BCUT2D eigenvalue weighted by molar-refractivity contribution is 5.92. The van der Waals surface area contributed by atoms with Crippen LogP contribution in [0.25, 0.3) is 44.2 Å². The van der Waals surface area contributed by atoms with Gasteiger partial charge in [-0.05, 0) is 121 Å². The Kier molecular flexibility index (Phi) is 8.77. The zero-order chi connectivity index (χ0) is 42.8. The van der Waals surface area contributed by atoms with Crippen LogP contribution in [0, 0.1) is 0 Å². The van der Waals surface area contributed by atoms with Gasteiger partial charge in [0, 0.05) is 33.6 Å². The van der Waals surface area contributed by atoms with Crippen LogP contribution >= 0.6 is 0 Å². The number of hydrogen-bond acceptors (Lipinski definition) is 2. The molecule has 0 radical (unpaired) electrons. The summed E-state index contributed by atoms with van der Waals surface area (Å²) in [5.41, 5.74) is 17.1. The Labute approximate surface area is 375 Å². The molecular formula is C62H45NO. The van der Waals surface area contributed by atoms with Crippen molar-refractivity contribution in [1.29, 1.82) is 0 Å². The molecule has 0 amide bonds. The van der Waals surface area contributed by atoms with Gasteiger partial charge in [0.1, 0.15) is 11.5 Å². The van der Waals surface area contributed by atoms with Gasteiger partial charge in [0.05, 0.1) is 5.41 Å². The number of nitrogens with zero attached hydrogens (tertiary/aromatic N) is 1. The lowest BCUT2D eigenvalue weighted by Crippen LogP contribution is -2.43. The van der Waals surface area contributed by atoms with E-state index in [9.17, 15) is 0 Å². The molecule has 1 atom stereocenters. The van der Waals surface area contributed by atoms with Crippen molar-refractivity contribution in [1.82, 2.24) is 0 Å². The third-order valence-corrected chi connectivity index (χ3v) is 13.8. The highest BCUT2D eigenvalue weighted by Crippen LogP contribution is 2.62. The lowest BCUT2D eigenvalue weighted by atomic mass is 9.53. The Balaban J connectivity index is 1.00. The Morgan fingerprint density at radius 3 is 1.39 bits per heavy atom. The zero-order valence-electron chi connectivity index (χ0n) is 35.9. The molecule has 0 saturated heterocycles. The predicted molar refractivity (Wildman–Crippen MR) is 265 cm³/mol. The van der Waals surface area contributed by atoms with Crippen molar-refractivity contribution in [2.24, 2.45) is 0 Å². The molecule has 1 spiro atoms. The molecule has 2 nitrogen and oxygen atoms in total. The van der Waals surface area contributed by atoms with Gasteiger partial charge < -0.3 is 9.64 Å². The largest absolute Gasteiger partial charge is 0.457 e. The van der Waals surface area contributed by atoms with Crippen LogP contribution in [0.1, 0.15) is 47.2 Å². The average Bonchev–Trinajstić information content (AvgIpc) is 3.36. The second-order valence-electron chi connectivity index (χ2n) is 17.6. The first-order valence-electron chi connectivity index (χ1n) is 22.2. The highest BCUT2D eigenvalue weighted by atomic mass is 16.5. The Morgan fingerprint density at radius 2 is 0.781 bits per heavy atom. The van der Waals surface area contributed by atoms with Gasteiger partial charge in [-0.3, -0.25) is 0 Å². The minimum absolute atomic E-state index is 0.242. The number of rotatable bonds is 6. The van der Waals surface area contributed by atoms with Crippen LogP contribution in [0.3, 0.4) is 0 Å². The van der Waals surface area contributed by atoms with E-state index in [0.717, 1.165) is 45.3 Å². The molecule has 0 fully saturated rings. The molecule has 1 aliphatic carbocycles. The molecule has 304 valence electrons. The number of anilines is 3. The zero-order valence-corrected chi connectivity index (χ0v) is 35.9. The average molecular weight is 820 g/mol. The third kappa shape index (κ3) is 5.87. The second-order valence-corrected chi connectivity index (χ2v) is 17.6. The van der Waals surface area contributed by atoms with Crippen molar-refractivity contribution in [2.45, 2.75) is 24.7 Å². The third-order valence-electron chi connectivity index (χ3n) is 13.8. The van der Waals surface area contributed by atoms with Gasteiger partial charge in [0.15, 0.2) is 0 Å². The van der Waals surface area contributed by atoms with Crippen LogP contribution in [0.4, 0.5) is 17.1 Å². The van der Waals surface area contributed by atoms with Gasteiger partial charge in [0.2, 0.25) is 0 Å². The number of benzene rings is 10. The fraction of sp³-hybridized carbons (Fsp3) is 0.0645. The summed E-state index contributed by atoms with van der Waals surface area (Å²) in [6.45, 7) is 4.79. The van der Waals surface area contributed by atoms with Crippen molar-refractivity contribution < 1.29 is 4.74 Å². The minimum atomic E-state index is -0.611. The summed E-state index contributed by atoms with van der Waals surface area (Å²) in [6, 6.07) is 86.2. The molecule has 0 aromatic heterocycles. The van der Waals surface area contributed by atoms with Crippen LogP contribution in [0.5, 0.6) is 11.5 Å². The van der Waals surface area contributed by atoms with Gasteiger partial charge >= 0.3 is 0 Å². The summed E-state index contributed by atoms with van der Waals surface area (Å²) in [5, 5.41) is 2.55. The number of para-hydroxylation sites is 1. The van der Waals surface area contributed by atoms with E-state index in [1.54, 1.807) is 0 Å². The molecule has 2 heteroatoms. The van der Waals surface area contributed by atoms with Gasteiger partial charge in [-0.1, -0.05) is 196 Å². The first-order chi connectivity index (χ1) is 31.5. The Morgan fingerprint density at radius 1 is 0.328 bits per heavy atom. The summed E-state index contributed by atoms with van der Waals surface area (Å²) >= 11 is 0. The standard InChI is InChI=1S/C62H45NO/c1-61(2)53-21-11-12-22-54(53)62(56-39-31-47-19-9-10-20-52(47)60(56)61)55-23-13-14-24-58(55)64-59-40-32-48(41-57(59)62)46-29-37-51(38-30-46)63(49-33-25-44(26-34-49)42-15-5-3-6-16-42)50-35-27-45(28-36-50)43-17-7-4-8-18-43/h3-41H,1-2H3. The summed E-state index contributed by atoms with van der Waals surface area (Å²) < 4.78 is 6.88. The Bertz CT molecular complexity index is 3270. The molecular weight excluding hydrogens is 775 g/mol. The first kappa shape index (κ1) is 37.8. The van der Waals surface area contributed by atoms with Crippen molar-refractivity contribution in [3.63, 3.8) is 0 Å². The smallest absolute Gasteiger partial charge is 0.132 e. The van der Waals surface area contributed by atoms with Crippen molar-refractivity contribution in [2.75, 3.05) is 4.90 Å². The fourth-order valence-electron chi connectivity index (χ4n) is 10.8. The lowest BCUT2D eigenvalue weighted by Gasteiger charge is -2.50. The highest BCUT2D eigenvalue weighted by Gasteiger charge is 2.53. The number of fused-ring (bicyclic) bond motifs is 10. The summed E-state index contributed by atoms with van der Waals surface area (Å²) in [7, 11) is 0. The molecule has 12 rings (SSSR count). The van der Waals surface area contributed by atoms with E-state index in [4.69, 9.17) is 4.74 Å². The SMILES string of the molecule is CC1(C)c2ccccc2C2(c3ccccc3Oc3ccc(-c4ccc(N(c5ccc(-c6ccccc6)cc5)c5ccc(-c6ccccc6)cc5)cc4)cc32)c2ccc3ccccc3c21. The van der Waals surface area contributed by atoms with Crippen molar-refractivity contribution >= 4 is 27.8 Å². The maximum Gasteiger partial charge on any atom is 0.132 e. The van der Waals surface area contributed by atoms with Gasteiger partial charge in [-0.2, -0.15) is 0 Å². The van der Waals surface area contributed by atoms with Gasteiger partial charge in [-0.15, -0.1) is 0 Å². The predicted octanol–water partition coefficient (Wildman–Crippen LogP) is 16.4. The second kappa shape index (κ2) is 14.9. The topological polar surface area (TPSA) is 12.5 Å². The normalized spacial score (nSPS) is 15.3. The molecule has 10 aromatic rings. The van der Waals surface area contributed by atoms with E-state index in [1.807, 2.05) is 0 Å². The van der Waals surface area contributed by atoms with Crippen LogP contribution < -0.4 is 9.64 Å². The van der Waals surface area contributed by atoms with Crippen LogP contribution in [-0.4, -0.2) is 0 Å². The molecule has 0 bridgehead atoms. The van der Waals surface area contributed by atoms with Crippen molar-refractivity contribution in [3.05, 3.63) is 270 Å². The minimum Gasteiger partial charge on any atom is -0.457 e. The fourth-order valence-corrected chi connectivity index (χ4v) is 10.8. The monoisotopic (exact) mass is 819 g/mol. The number of hydrogen-bond donors (Lipinski definition) is 0. The van der Waals surface area contributed by atoms with Crippen LogP contribution in [0.15, 0.2) is 237 Å². The van der Waals surface area contributed by atoms with E-state index < -0.39 is 5.41 Å². The van der Waals surface area contributed by atoms with E-state index in [-0.39, 0.29) is 5.41 Å².